The maximum atomic E-state index is 10.9. The number of hydrogen-bond donors (Lipinski definition) is 1. The van der Waals surface area contributed by atoms with Gasteiger partial charge >= 0.3 is 5.97 Å². The van der Waals surface area contributed by atoms with Crippen LogP contribution in [-0.4, -0.2) is 11.1 Å². The van der Waals surface area contributed by atoms with Crippen LogP contribution >= 0.6 is 0 Å². The minimum atomic E-state index is -0.623. The normalized spacial score (nSPS) is 25.3. The van der Waals surface area contributed by atoms with Crippen LogP contribution in [0.5, 0.6) is 0 Å². The number of hydrogen-bond acceptors (Lipinski definition) is 1. The third kappa shape index (κ3) is 2.43. The van der Waals surface area contributed by atoms with Crippen molar-refractivity contribution in [2.45, 2.75) is 38.5 Å². The van der Waals surface area contributed by atoms with Crippen LogP contribution in [0.15, 0.2) is 24.3 Å². The lowest BCUT2D eigenvalue weighted by molar-refractivity contribution is -0.142. The second-order valence-corrected chi connectivity index (χ2v) is 4.80. The van der Waals surface area contributed by atoms with Crippen molar-refractivity contribution in [1.82, 2.24) is 0 Å². The standard InChI is InChI=1S/C14H18O2/c1-10-3-2-4-13(9-10)11-5-7-12(8-6-11)14(15)16/h2-4,9,11-12H,5-8H2,1H3,(H,15,16). The second-order valence-electron chi connectivity index (χ2n) is 4.80. The lowest BCUT2D eigenvalue weighted by Crippen LogP contribution is -2.20. The zero-order valence-corrected chi connectivity index (χ0v) is 9.65. The Balaban J connectivity index is 2.01. The summed E-state index contributed by atoms with van der Waals surface area (Å²) in [6, 6.07) is 8.59. The summed E-state index contributed by atoms with van der Waals surface area (Å²) in [5, 5.41) is 8.94. The highest BCUT2D eigenvalue weighted by Gasteiger charge is 2.26. The van der Waals surface area contributed by atoms with Gasteiger partial charge in [-0.3, -0.25) is 4.79 Å². The molecule has 2 nitrogen and oxygen atoms in total. The average Bonchev–Trinajstić information content (AvgIpc) is 2.29. The Kier molecular flexibility index (Phi) is 3.28. The Morgan fingerprint density at radius 3 is 2.50 bits per heavy atom. The van der Waals surface area contributed by atoms with Crippen LogP contribution in [0.3, 0.4) is 0 Å². The Labute approximate surface area is 96.3 Å². The van der Waals surface area contributed by atoms with E-state index in [1.165, 1.54) is 11.1 Å². The minimum absolute atomic E-state index is 0.110. The summed E-state index contributed by atoms with van der Waals surface area (Å²) < 4.78 is 0. The van der Waals surface area contributed by atoms with Crippen LogP contribution < -0.4 is 0 Å². The first-order valence-electron chi connectivity index (χ1n) is 5.96. The topological polar surface area (TPSA) is 37.3 Å². The summed E-state index contributed by atoms with van der Waals surface area (Å²) >= 11 is 0. The molecule has 86 valence electrons. The van der Waals surface area contributed by atoms with Gasteiger partial charge in [-0.25, -0.2) is 0 Å². The van der Waals surface area contributed by atoms with Gasteiger partial charge in [-0.1, -0.05) is 29.8 Å². The van der Waals surface area contributed by atoms with E-state index >= 15 is 0 Å². The number of benzene rings is 1. The molecular weight excluding hydrogens is 200 g/mol. The number of aryl methyl sites for hydroxylation is 1. The van der Waals surface area contributed by atoms with Gasteiger partial charge in [0.05, 0.1) is 5.92 Å². The summed E-state index contributed by atoms with van der Waals surface area (Å²) in [7, 11) is 0. The molecule has 0 aromatic heterocycles. The molecule has 0 heterocycles. The molecule has 1 aromatic rings. The summed E-state index contributed by atoms with van der Waals surface area (Å²) in [5.41, 5.74) is 2.67. The lowest BCUT2D eigenvalue weighted by atomic mass is 9.78. The van der Waals surface area contributed by atoms with Crippen LogP contribution in [0, 0.1) is 12.8 Å². The van der Waals surface area contributed by atoms with Gasteiger partial charge in [-0.15, -0.1) is 0 Å². The van der Waals surface area contributed by atoms with Crippen LogP contribution in [-0.2, 0) is 4.79 Å². The molecule has 1 aliphatic rings. The smallest absolute Gasteiger partial charge is 0.306 e. The maximum Gasteiger partial charge on any atom is 0.306 e. The summed E-state index contributed by atoms with van der Waals surface area (Å²) in [4.78, 5) is 10.9. The number of carboxylic acid groups (broad SMARTS) is 1. The molecule has 1 saturated carbocycles. The van der Waals surface area contributed by atoms with E-state index in [0.717, 1.165) is 25.7 Å². The molecule has 0 saturated heterocycles. The average molecular weight is 218 g/mol. The molecule has 1 aliphatic carbocycles. The third-order valence-corrected chi connectivity index (χ3v) is 3.59. The quantitative estimate of drug-likeness (QED) is 0.826. The van der Waals surface area contributed by atoms with Gasteiger partial charge in [0, 0.05) is 0 Å². The van der Waals surface area contributed by atoms with Gasteiger partial charge in [-0.05, 0) is 44.1 Å². The molecule has 0 unspecified atom stereocenters. The molecule has 1 fully saturated rings. The van der Waals surface area contributed by atoms with Crippen molar-refractivity contribution in [3.63, 3.8) is 0 Å². The van der Waals surface area contributed by atoms with E-state index in [1.54, 1.807) is 0 Å². The first-order valence-corrected chi connectivity index (χ1v) is 5.96. The number of carboxylic acids is 1. The van der Waals surface area contributed by atoms with E-state index < -0.39 is 5.97 Å². The first-order chi connectivity index (χ1) is 7.66. The van der Waals surface area contributed by atoms with Crippen molar-refractivity contribution in [2.24, 2.45) is 5.92 Å². The van der Waals surface area contributed by atoms with E-state index in [0.29, 0.717) is 5.92 Å². The monoisotopic (exact) mass is 218 g/mol. The molecular formula is C14H18O2. The Morgan fingerprint density at radius 1 is 1.25 bits per heavy atom. The van der Waals surface area contributed by atoms with Crippen molar-refractivity contribution >= 4 is 5.97 Å². The number of aliphatic carboxylic acids is 1. The molecule has 0 aliphatic heterocycles. The van der Waals surface area contributed by atoms with Crippen LogP contribution in [0.25, 0.3) is 0 Å². The highest BCUT2D eigenvalue weighted by Crippen LogP contribution is 2.35. The minimum Gasteiger partial charge on any atom is -0.481 e. The van der Waals surface area contributed by atoms with E-state index in [4.69, 9.17) is 5.11 Å². The van der Waals surface area contributed by atoms with E-state index in [1.807, 2.05) is 0 Å². The molecule has 16 heavy (non-hydrogen) atoms. The van der Waals surface area contributed by atoms with Crippen LogP contribution in [0.4, 0.5) is 0 Å². The van der Waals surface area contributed by atoms with E-state index in [9.17, 15) is 4.79 Å². The Bertz CT molecular complexity index is 376. The highest BCUT2D eigenvalue weighted by atomic mass is 16.4. The van der Waals surface area contributed by atoms with Crippen LogP contribution in [0.2, 0.25) is 0 Å². The van der Waals surface area contributed by atoms with Gasteiger partial charge in [0.1, 0.15) is 0 Å². The summed E-state index contributed by atoms with van der Waals surface area (Å²) in [6.45, 7) is 2.10. The second kappa shape index (κ2) is 4.69. The molecule has 2 heteroatoms. The van der Waals surface area contributed by atoms with Gasteiger partial charge in [0.2, 0.25) is 0 Å². The predicted octanol–water partition coefficient (Wildman–Crippen LogP) is 3.35. The summed E-state index contributed by atoms with van der Waals surface area (Å²) in [6.07, 6.45) is 3.68. The zero-order chi connectivity index (χ0) is 11.5. The van der Waals surface area contributed by atoms with Crippen LogP contribution in [0.1, 0.15) is 42.7 Å². The summed E-state index contributed by atoms with van der Waals surface area (Å²) in [5.74, 6) is -0.167. The fraction of sp³-hybridized carbons (Fsp3) is 0.500. The molecule has 0 bridgehead atoms. The highest BCUT2D eigenvalue weighted by molar-refractivity contribution is 5.70. The Morgan fingerprint density at radius 2 is 1.94 bits per heavy atom. The van der Waals surface area contributed by atoms with Crippen molar-refractivity contribution < 1.29 is 9.90 Å². The zero-order valence-electron chi connectivity index (χ0n) is 9.65. The van der Waals surface area contributed by atoms with Gasteiger partial charge < -0.3 is 5.11 Å². The van der Waals surface area contributed by atoms with Crippen molar-refractivity contribution in [3.05, 3.63) is 35.4 Å². The fourth-order valence-corrected chi connectivity index (χ4v) is 2.60. The number of rotatable bonds is 2. The van der Waals surface area contributed by atoms with E-state index in [2.05, 4.69) is 31.2 Å². The van der Waals surface area contributed by atoms with Crippen molar-refractivity contribution in [1.29, 1.82) is 0 Å². The van der Waals surface area contributed by atoms with Gasteiger partial charge in [-0.2, -0.15) is 0 Å². The molecule has 1 aromatic carbocycles. The molecule has 0 spiro atoms. The molecule has 0 atom stereocenters. The largest absolute Gasteiger partial charge is 0.481 e. The molecule has 0 amide bonds. The Hall–Kier alpha value is -1.31. The first kappa shape index (κ1) is 11.2. The SMILES string of the molecule is Cc1cccc(C2CCC(C(=O)O)CC2)c1. The van der Waals surface area contributed by atoms with Gasteiger partial charge in [0.15, 0.2) is 0 Å². The predicted molar refractivity (Wildman–Crippen MR) is 63.5 cm³/mol. The maximum absolute atomic E-state index is 10.9. The molecule has 2 rings (SSSR count). The van der Waals surface area contributed by atoms with Crippen molar-refractivity contribution in [2.75, 3.05) is 0 Å². The fourth-order valence-electron chi connectivity index (χ4n) is 2.60. The lowest BCUT2D eigenvalue weighted by Gasteiger charge is -2.26. The van der Waals surface area contributed by atoms with E-state index in [-0.39, 0.29) is 5.92 Å². The number of carbonyl (C=O) groups is 1. The van der Waals surface area contributed by atoms with Gasteiger partial charge in [0.25, 0.3) is 0 Å². The third-order valence-electron chi connectivity index (χ3n) is 3.59. The molecule has 1 N–H and O–H groups in total. The van der Waals surface area contributed by atoms with Crippen molar-refractivity contribution in [3.8, 4) is 0 Å². The molecule has 0 radical (unpaired) electrons.